The van der Waals surface area contributed by atoms with Gasteiger partial charge in [-0.15, -0.1) is 0 Å². The van der Waals surface area contributed by atoms with E-state index in [1.54, 1.807) is 7.11 Å². The molecule has 5 nitrogen and oxygen atoms in total. The lowest BCUT2D eigenvalue weighted by Crippen LogP contribution is -2.41. The number of methoxy groups -OCH3 is 1. The van der Waals surface area contributed by atoms with Gasteiger partial charge in [0.25, 0.3) is 0 Å². The van der Waals surface area contributed by atoms with E-state index in [1.165, 1.54) is 6.42 Å². The molecule has 110 valence electrons. The van der Waals surface area contributed by atoms with E-state index < -0.39 is 0 Å². The topological polar surface area (TPSA) is 49.8 Å². The van der Waals surface area contributed by atoms with Gasteiger partial charge in [0.15, 0.2) is 5.96 Å². The zero-order valence-electron chi connectivity index (χ0n) is 12.4. The van der Waals surface area contributed by atoms with Crippen molar-refractivity contribution in [2.75, 3.05) is 40.4 Å². The van der Waals surface area contributed by atoms with Crippen LogP contribution in [0, 0.1) is 5.92 Å². The van der Waals surface area contributed by atoms with Gasteiger partial charge >= 0.3 is 0 Å². The highest BCUT2D eigenvalue weighted by molar-refractivity contribution is 5.80. The summed E-state index contributed by atoms with van der Waals surface area (Å²) in [5.41, 5.74) is 1.11. The van der Waals surface area contributed by atoms with Crippen LogP contribution in [0.25, 0.3) is 0 Å². The Morgan fingerprint density at radius 2 is 2.45 bits per heavy atom. The molecule has 1 fully saturated rings. The molecule has 2 rings (SSSR count). The van der Waals surface area contributed by atoms with Crippen LogP contribution in [-0.2, 0) is 11.2 Å². The number of hydrogen-bond donors (Lipinski definition) is 1. The predicted octanol–water partition coefficient (Wildman–Crippen LogP) is 1.17. The van der Waals surface area contributed by atoms with Crippen molar-refractivity contribution in [2.45, 2.75) is 12.8 Å². The van der Waals surface area contributed by atoms with E-state index in [4.69, 9.17) is 4.74 Å². The van der Waals surface area contributed by atoms with Crippen molar-refractivity contribution in [3.8, 4) is 0 Å². The van der Waals surface area contributed by atoms with Crippen LogP contribution in [0.5, 0.6) is 0 Å². The SMILES string of the molecule is CN=C(NCCc1ccccn1)N1CCC(COC)C1. The van der Waals surface area contributed by atoms with Crippen molar-refractivity contribution in [1.29, 1.82) is 0 Å². The van der Waals surface area contributed by atoms with Crippen molar-refractivity contribution in [3.05, 3.63) is 30.1 Å². The number of nitrogens with zero attached hydrogens (tertiary/aromatic N) is 3. The Labute approximate surface area is 121 Å². The van der Waals surface area contributed by atoms with Crippen LogP contribution in [0.1, 0.15) is 12.1 Å². The molecule has 20 heavy (non-hydrogen) atoms. The summed E-state index contributed by atoms with van der Waals surface area (Å²) in [5.74, 6) is 1.61. The Morgan fingerprint density at radius 1 is 1.55 bits per heavy atom. The molecule has 1 atom stereocenters. The van der Waals surface area contributed by atoms with Crippen molar-refractivity contribution in [1.82, 2.24) is 15.2 Å². The van der Waals surface area contributed by atoms with Crippen molar-refractivity contribution in [3.63, 3.8) is 0 Å². The van der Waals surface area contributed by atoms with Gasteiger partial charge in [0.05, 0.1) is 6.61 Å². The Kier molecular flexibility index (Phi) is 5.80. The van der Waals surface area contributed by atoms with Crippen LogP contribution in [0.2, 0.25) is 0 Å². The van der Waals surface area contributed by atoms with E-state index in [1.807, 2.05) is 25.4 Å². The molecule has 0 amide bonds. The molecule has 1 saturated heterocycles. The summed E-state index contributed by atoms with van der Waals surface area (Å²) in [7, 11) is 3.61. The summed E-state index contributed by atoms with van der Waals surface area (Å²) in [5, 5.41) is 3.42. The first-order valence-corrected chi connectivity index (χ1v) is 7.18. The molecule has 1 aliphatic heterocycles. The molecule has 1 N–H and O–H groups in total. The molecule has 1 unspecified atom stereocenters. The fraction of sp³-hybridized carbons (Fsp3) is 0.600. The van der Waals surface area contributed by atoms with Crippen LogP contribution in [0.15, 0.2) is 29.4 Å². The van der Waals surface area contributed by atoms with Crippen LogP contribution >= 0.6 is 0 Å². The summed E-state index contributed by atoms with van der Waals surface area (Å²) in [6.45, 7) is 3.77. The second-order valence-corrected chi connectivity index (χ2v) is 5.10. The van der Waals surface area contributed by atoms with E-state index >= 15 is 0 Å². The summed E-state index contributed by atoms with van der Waals surface area (Å²) in [6.07, 6.45) is 3.92. The van der Waals surface area contributed by atoms with Crippen LogP contribution in [0.3, 0.4) is 0 Å². The number of pyridine rings is 1. The van der Waals surface area contributed by atoms with Crippen molar-refractivity contribution in [2.24, 2.45) is 10.9 Å². The number of rotatable bonds is 5. The average molecular weight is 276 g/mol. The number of ether oxygens (including phenoxy) is 1. The van der Waals surface area contributed by atoms with Gasteiger partial charge in [-0.05, 0) is 18.6 Å². The summed E-state index contributed by atoms with van der Waals surface area (Å²) >= 11 is 0. The Balaban J connectivity index is 1.76. The Hall–Kier alpha value is -1.62. The van der Waals surface area contributed by atoms with E-state index in [0.29, 0.717) is 5.92 Å². The lowest BCUT2D eigenvalue weighted by molar-refractivity contribution is 0.157. The zero-order valence-corrected chi connectivity index (χ0v) is 12.4. The van der Waals surface area contributed by atoms with E-state index in [9.17, 15) is 0 Å². The first-order valence-electron chi connectivity index (χ1n) is 7.18. The first kappa shape index (κ1) is 14.8. The fourth-order valence-electron chi connectivity index (χ4n) is 2.58. The number of hydrogen-bond acceptors (Lipinski definition) is 3. The molecule has 0 radical (unpaired) electrons. The monoisotopic (exact) mass is 276 g/mol. The van der Waals surface area contributed by atoms with Gasteiger partial charge in [-0.3, -0.25) is 9.98 Å². The highest BCUT2D eigenvalue weighted by atomic mass is 16.5. The third kappa shape index (κ3) is 4.20. The predicted molar refractivity (Wildman–Crippen MR) is 80.9 cm³/mol. The molecule has 0 saturated carbocycles. The molecular weight excluding hydrogens is 252 g/mol. The third-order valence-corrected chi connectivity index (χ3v) is 3.59. The second kappa shape index (κ2) is 7.85. The van der Waals surface area contributed by atoms with Gasteiger partial charge in [-0.25, -0.2) is 0 Å². The standard InChI is InChI=1S/C15H24N4O/c1-16-15(19-10-7-13(11-19)12-20-2)18-9-6-14-5-3-4-8-17-14/h3-5,8,13H,6-7,9-12H2,1-2H3,(H,16,18). The number of guanidine groups is 1. The highest BCUT2D eigenvalue weighted by Crippen LogP contribution is 2.16. The lowest BCUT2D eigenvalue weighted by Gasteiger charge is -2.21. The van der Waals surface area contributed by atoms with Gasteiger partial charge in [-0.1, -0.05) is 6.07 Å². The maximum atomic E-state index is 5.23. The number of aromatic nitrogens is 1. The largest absolute Gasteiger partial charge is 0.384 e. The third-order valence-electron chi connectivity index (χ3n) is 3.59. The minimum atomic E-state index is 0.620. The van der Waals surface area contributed by atoms with E-state index in [-0.39, 0.29) is 0 Å². The van der Waals surface area contributed by atoms with Gasteiger partial charge in [-0.2, -0.15) is 0 Å². The molecule has 1 aromatic rings. The van der Waals surface area contributed by atoms with Crippen LogP contribution in [0.4, 0.5) is 0 Å². The summed E-state index contributed by atoms with van der Waals surface area (Å²) < 4.78 is 5.23. The Bertz CT molecular complexity index is 421. The molecule has 0 aliphatic carbocycles. The first-order chi connectivity index (χ1) is 9.83. The van der Waals surface area contributed by atoms with Gasteiger partial charge in [0.1, 0.15) is 0 Å². The van der Waals surface area contributed by atoms with Crippen molar-refractivity contribution >= 4 is 5.96 Å². The normalized spacial score (nSPS) is 19.4. The number of likely N-dealkylation sites (tertiary alicyclic amines) is 1. The molecule has 1 aliphatic rings. The van der Waals surface area contributed by atoms with E-state index in [0.717, 1.165) is 44.3 Å². The summed E-state index contributed by atoms with van der Waals surface area (Å²) in [4.78, 5) is 11.0. The highest BCUT2D eigenvalue weighted by Gasteiger charge is 2.24. The van der Waals surface area contributed by atoms with Crippen LogP contribution in [-0.4, -0.2) is 56.2 Å². The van der Waals surface area contributed by atoms with Gasteiger partial charge in [0, 0.05) is 58.0 Å². The quantitative estimate of drug-likeness (QED) is 0.648. The van der Waals surface area contributed by atoms with Crippen LogP contribution < -0.4 is 5.32 Å². The van der Waals surface area contributed by atoms with Gasteiger partial charge in [0.2, 0.25) is 0 Å². The average Bonchev–Trinajstić information content (AvgIpc) is 2.94. The molecule has 2 heterocycles. The molecular formula is C15H24N4O. The molecule has 0 spiro atoms. The maximum absolute atomic E-state index is 5.23. The summed E-state index contributed by atoms with van der Waals surface area (Å²) in [6, 6.07) is 6.01. The number of nitrogens with one attached hydrogen (secondary N) is 1. The van der Waals surface area contributed by atoms with E-state index in [2.05, 4.69) is 26.3 Å². The molecule has 1 aromatic heterocycles. The second-order valence-electron chi connectivity index (χ2n) is 5.10. The molecule has 5 heteroatoms. The molecule has 0 aromatic carbocycles. The smallest absolute Gasteiger partial charge is 0.193 e. The number of aliphatic imine (C=N–C) groups is 1. The van der Waals surface area contributed by atoms with Gasteiger partial charge < -0.3 is 15.0 Å². The van der Waals surface area contributed by atoms with Crippen molar-refractivity contribution < 1.29 is 4.74 Å². The fourth-order valence-corrected chi connectivity index (χ4v) is 2.58. The molecule has 0 bridgehead atoms. The Morgan fingerprint density at radius 3 is 3.15 bits per heavy atom. The lowest BCUT2D eigenvalue weighted by atomic mass is 10.1. The zero-order chi connectivity index (χ0) is 14.2. The minimum Gasteiger partial charge on any atom is -0.384 e. The maximum Gasteiger partial charge on any atom is 0.193 e. The minimum absolute atomic E-state index is 0.620.